The summed E-state index contributed by atoms with van der Waals surface area (Å²) in [5.74, 6) is -1.86. The number of nitrogens with one attached hydrogen (secondary N) is 1. The van der Waals surface area contributed by atoms with Crippen molar-refractivity contribution in [1.82, 2.24) is 5.32 Å². The van der Waals surface area contributed by atoms with Crippen molar-refractivity contribution in [2.24, 2.45) is 0 Å². The van der Waals surface area contributed by atoms with Crippen LogP contribution >= 0.6 is 0 Å². The van der Waals surface area contributed by atoms with E-state index in [4.69, 9.17) is 14.6 Å². The molecular formula is C18H17NO6. The van der Waals surface area contributed by atoms with Crippen molar-refractivity contribution in [3.8, 4) is 11.5 Å². The SMILES string of the molecule is COc1ccc(C(C=O)(NC(=O)C(=O)O)c2ccc(OC)cc2)cc1. The molecule has 0 atom stereocenters. The highest BCUT2D eigenvalue weighted by Gasteiger charge is 2.37. The molecule has 0 saturated carbocycles. The van der Waals surface area contributed by atoms with E-state index in [0.29, 0.717) is 28.9 Å². The molecule has 7 heteroatoms. The van der Waals surface area contributed by atoms with Gasteiger partial charge in [0, 0.05) is 0 Å². The lowest BCUT2D eigenvalue weighted by Crippen LogP contribution is -2.50. The van der Waals surface area contributed by atoms with Crippen LogP contribution in [-0.4, -0.2) is 37.5 Å². The van der Waals surface area contributed by atoms with Crippen LogP contribution in [0.15, 0.2) is 48.5 Å². The minimum atomic E-state index is -1.69. The van der Waals surface area contributed by atoms with Gasteiger partial charge < -0.3 is 19.9 Å². The van der Waals surface area contributed by atoms with E-state index in [1.165, 1.54) is 14.2 Å². The molecule has 0 heterocycles. The first kappa shape index (κ1) is 18.0. The van der Waals surface area contributed by atoms with Gasteiger partial charge in [0.2, 0.25) is 0 Å². The molecule has 0 aliphatic heterocycles. The highest BCUT2D eigenvalue weighted by atomic mass is 16.5. The molecule has 0 unspecified atom stereocenters. The van der Waals surface area contributed by atoms with Gasteiger partial charge in [0.15, 0.2) is 6.29 Å². The van der Waals surface area contributed by atoms with Crippen molar-refractivity contribution in [2.75, 3.05) is 14.2 Å². The summed E-state index contributed by atoms with van der Waals surface area (Å²) in [7, 11) is 3.00. The number of carbonyl (C=O) groups is 3. The van der Waals surface area contributed by atoms with Crippen LogP contribution in [-0.2, 0) is 19.9 Å². The van der Waals surface area contributed by atoms with Crippen LogP contribution in [0, 0.1) is 0 Å². The van der Waals surface area contributed by atoms with Crippen LogP contribution in [0.5, 0.6) is 11.5 Å². The summed E-state index contributed by atoms with van der Waals surface area (Å²) in [6.45, 7) is 0. The van der Waals surface area contributed by atoms with E-state index in [1.54, 1.807) is 48.5 Å². The van der Waals surface area contributed by atoms with Gasteiger partial charge in [-0.15, -0.1) is 0 Å². The maximum Gasteiger partial charge on any atom is 0.394 e. The van der Waals surface area contributed by atoms with Crippen molar-refractivity contribution in [3.05, 3.63) is 59.7 Å². The van der Waals surface area contributed by atoms with Gasteiger partial charge in [-0.1, -0.05) is 24.3 Å². The Morgan fingerprint density at radius 1 is 0.920 bits per heavy atom. The van der Waals surface area contributed by atoms with Crippen molar-refractivity contribution < 1.29 is 29.0 Å². The first-order chi connectivity index (χ1) is 12.0. The minimum Gasteiger partial charge on any atom is -0.497 e. The van der Waals surface area contributed by atoms with Gasteiger partial charge in [-0.2, -0.15) is 0 Å². The Balaban J connectivity index is 2.59. The number of amides is 1. The zero-order valence-corrected chi connectivity index (χ0v) is 13.7. The number of carboxylic acid groups (broad SMARTS) is 1. The molecule has 25 heavy (non-hydrogen) atoms. The minimum absolute atomic E-state index is 0.392. The molecule has 0 bridgehead atoms. The molecule has 2 aromatic rings. The second-order valence-corrected chi connectivity index (χ2v) is 5.14. The number of aldehydes is 1. The Bertz CT molecular complexity index is 720. The van der Waals surface area contributed by atoms with Crippen molar-refractivity contribution >= 4 is 18.2 Å². The Labute approximate surface area is 144 Å². The van der Waals surface area contributed by atoms with Crippen molar-refractivity contribution in [2.45, 2.75) is 5.54 Å². The average Bonchev–Trinajstić information content (AvgIpc) is 2.66. The van der Waals surface area contributed by atoms with Gasteiger partial charge in [0.25, 0.3) is 0 Å². The number of carboxylic acids is 1. The van der Waals surface area contributed by atoms with Gasteiger partial charge in [-0.25, -0.2) is 4.79 Å². The number of methoxy groups -OCH3 is 2. The third-order valence-electron chi connectivity index (χ3n) is 3.77. The lowest BCUT2D eigenvalue weighted by Gasteiger charge is -2.30. The number of aliphatic carboxylic acids is 1. The zero-order chi connectivity index (χ0) is 18.4. The van der Waals surface area contributed by atoms with E-state index in [-0.39, 0.29) is 0 Å². The highest BCUT2D eigenvalue weighted by Crippen LogP contribution is 2.30. The predicted octanol–water partition coefficient (Wildman–Crippen LogP) is 1.35. The Morgan fingerprint density at radius 2 is 1.32 bits per heavy atom. The molecule has 0 aliphatic carbocycles. The maximum atomic E-state index is 12.0. The van der Waals surface area contributed by atoms with Gasteiger partial charge in [0.1, 0.15) is 17.0 Å². The normalized spacial score (nSPS) is 10.6. The Hall–Kier alpha value is -3.35. The van der Waals surface area contributed by atoms with Gasteiger partial charge >= 0.3 is 11.9 Å². The number of carbonyl (C=O) groups excluding carboxylic acids is 2. The van der Waals surface area contributed by atoms with Gasteiger partial charge in [-0.05, 0) is 35.4 Å². The Morgan fingerprint density at radius 3 is 1.60 bits per heavy atom. The fourth-order valence-electron chi connectivity index (χ4n) is 2.42. The molecule has 0 saturated heterocycles. The van der Waals surface area contributed by atoms with Gasteiger partial charge in [-0.3, -0.25) is 9.59 Å². The van der Waals surface area contributed by atoms with E-state index in [2.05, 4.69) is 5.32 Å². The number of benzene rings is 2. The molecule has 0 fully saturated rings. The van der Waals surface area contributed by atoms with E-state index in [0.717, 1.165) is 0 Å². The van der Waals surface area contributed by atoms with Crippen LogP contribution in [0.4, 0.5) is 0 Å². The summed E-state index contributed by atoms with van der Waals surface area (Å²) >= 11 is 0. The van der Waals surface area contributed by atoms with Crippen LogP contribution in [0.2, 0.25) is 0 Å². The lowest BCUT2D eigenvalue weighted by molar-refractivity contribution is -0.151. The monoisotopic (exact) mass is 343 g/mol. The number of ether oxygens (including phenoxy) is 2. The molecule has 130 valence electrons. The van der Waals surface area contributed by atoms with Crippen LogP contribution in [0.25, 0.3) is 0 Å². The summed E-state index contributed by atoms with van der Waals surface area (Å²) in [6, 6.07) is 12.8. The second kappa shape index (κ2) is 7.48. The van der Waals surface area contributed by atoms with E-state index in [9.17, 15) is 14.4 Å². The molecule has 0 aliphatic rings. The molecular weight excluding hydrogens is 326 g/mol. The molecule has 2 aromatic carbocycles. The molecule has 2 N–H and O–H groups in total. The molecule has 0 aromatic heterocycles. The fourth-order valence-corrected chi connectivity index (χ4v) is 2.42. The molecule has 7 nitrogen and oxygen atoms in total. The van der Waals surface area contributed by atoms with Crippen LogP contribution < -0.4 is 14.8 Å². The number of rotatable bonds is 6. The molecule has 0 spiro atoms. The van der Waals surface area contributed by atoms with Crippen molar-refractivity contribution in [1.29, 1.82) is 0 Å². The number of hydrogen-bond acceptors (Lipinski definition) is 5. The fraction of sp³-hybridized carbons (Fsp3) is 0.167. The van der Waals surface area contributed by atoms with E-state index >= 15 is 0 Å². The summed E-state index contributed by atoms with van der Waals surface area (Å²) in [4.78, 5) is 34.8. The predicted molar refractivity (Wildman–Crippen MR) is 88.6 cm³/mol. The molecule has 1 amide bonds. The van der Waals surface area contributed by atoms with Crippen molar-refractivity contribution in [3.63, 3.8) is 0 Å². The van der Waals surface area contributed by atoms with Gasteiger partial charge in [0.05, 0.1) is 14.2 Å². The maximum absolute atomic E-state index is 12.0. The first-order valence-electron chi connectivity index (χ1n) is 7.27. The molecule has 0 radical (unpaired) electrons. The topological polar surface area (TPSA) is 102 Å². The third kappa shape index (κ3) is 3.60. The van der Waals surface area contributed by atoms with Crippen LogP contribution in [0.3, 0.4) is 0 Å². The van der Waals surface area contributed by atoms with E-state index in [1.807, 2.05) is 0 Å². The Kier molecular flexibility index (Phi) is 5.38. The quantitative estimate of drug-likeness (QED) is 0.606. The molecule has 2 rings (SSSR count). The number of hydrogen-bond donors (Lipinski definition) is 2. The first-order valence-corrected chi connectivity index (χ1v) is 7.27. The smallest absolute Gasteiger partial charge is 0.394 e. The summed E-state index contributed by atoms with van der Waals surface area (Å²) in [6.07, 6.45) is 0.497. The third-order valence-corrected chi connectivity index (χ3v) is 3.77. The summed E-state index contributed by atoms with van der Waals surface area (Å²) in [5.41, 5.74) is -0.875. The highest BCUT2D eigenvalue weighted by molar-refractivity contribution is 6.32. The standard InChI is InChI=1S/C18H17NO6/c1-24-14-7-3-12(4-8-14)18(11-20,19-16(21)17(22)23)13-5-9-15(25-2)10-6-13/h3-11H,1-2H3,(H,19,21)(H,22,23). The second-order valence-electron chi connectivity index (χ2n) is 5.14. The summed E-state index contributed by atoms with van der Waals surface area (Å²) < 4.78 is 10.2. The zero-order valence-electron chi connectivity index (χ0n) is 13.7. The van der Waals surface area contributed by atoms with E-state index < -0.39 is 17.4 Å². The van der Waals surface area contributed by atoms with Crippen LogP contribution in [0.1, 0.15) is 11.1 Å². The summed E-state index contributed by atoms with van der Waals surface area (Å²) in [5, 5.41) is 11.2. The largest absolute Gasteiger partial charge is 0.497 e. The lowest BCUT2D eigenvalue weighted by atomic mass is 9.83. The average molecular weight is 343 g/mol.